The third-order valence-corrected chi connectivity index (χ3v) is 4.56. The molecule has 0 aromatic carbocycles. The standard InChI is InChI=1S/C22H23N3O5/c1-5-15(26)14-11-25-18-16(12(14)8-10-24-21(29)30-22(2,3)4)19(27)13-7-6-9-23-17(13)20(18)28/h6-7,9,11H,5,8,10H2,1-4H3,(H,24,29). The van der Waals surface area contributed by atoms with Gasteiger partial charge in [-0.05, 0) is 44.9 Å². The van der Waals surface area contributed by atoms with Gasteiger partial charge in [0.15, 0.2) is 11.6 Å². The average Bonchev–Trinajstić information content (AvgIpc) is 2.69. The molecule has 0 saturated carbocycles. The molecule has 0 fully saturated rings. The molecule has 1 N–H and O–H groups in total. The van der Waals surface area contributed by atoms with E-state index >= 15 is 0 Å². The number of rotatable bonds is 5. The van der Waals surface area contributed by atoms with Crippen molar-refractivity contribution in [3.8, 4) is 0 Å². The smallest absolute Gasteiger partial charge is 0.407 e. The molecule has 0 saturated heterocycles. The van der Waals surface area contributed by atoms with Crippen LogP contribution in [0.5, 0.6) is 0 Å². The van der Waals surface area contributed by atoms with Crippen LogP contribution in [0.2, 0.25) is 0 Å². The van der Waals surface area contributed by atoms with Crippen molar-refractivity contribution in [2.75, 3.05) is 6.54 Å². The summed E-state index contributed by atoms with van der Waals surface area (Å²) in [5.41, 5.74) is 0.333. The van der Waals surface area contributed by atoms with E-state index in [4.69, 9.17) is 4.74 Å². The second-order valence-corrected chi connectivity index (χ2v) is 7.89. The van der Waals surface area contributed by atoms with Crippen molar-refractivity contribution >= 4 is 23.4 Å². The SMILES string of the molecule is CCC(=O)c1cnc2c(c1CCNC(=O)OC(C)(C)C)C(=O)c1cccnc1C2=O. The zero-order valence-corrected chi connectivity index (χ0v) is 17.4. The van der Waals surface area contributed by atoms with Crippen LogP contribution in [0.1, 0.15) is 82.1 Å². The molecule has 0 bridgehead atoms. The first-order valence-corrected chi connectivity index (χ1v) is 9.70. The Morgan fingerprint density at radius 1 is 1.10 bits per heavy atom. The largest absolute Gasteiger partial charge is 0.444 e. The number of carbonyl (C=O) groups excluding carboxylic acids is 4. The summed E-state index contributed by atoms with van der Waals surface area (Å²) < 4.78 is 5.21. The summed E-state index contributed by atoms with van der Waals surface area (Å²) >= 11 is 0. The molecule has 3 rings (SSSR count). The minimum atomic E-state index is -0.650. The number of fused-ring (bicyclic) bond motifs is 2. The van der Waals surface area contributed by atoms with Gasteiger partial charge in [-0.25, -0.2) is 4.79 Å². The van der Waals surface area contributed by atoms with Crippen LogP contribution in [0.25, 0.3) is 0 Å². The number of aromatic nitrogens is 2. The highest BCUT2D eigenvalue weighted by atomic mass is 16.6. The van der Waals surface area contributed by atoms with Crippen molar-refractivity contribution in [1.82, 2.24) is 15.3 Å². The number of nitrogens with zero attached hydrogens (tertiary/aromatic N) is 2. The highest BCUT2D eigenvalue weighted by molar-refractivity contribution is 6.27. The molecule has 2 aromatic heterocycles. The number of alkyl carbamates (subject to hydrolysis) is 1. The molecule has 156 valence electrons. The molecular formula is C22H23N3O5. The van der Waals surface area contributed by atoms with Gasteiger partial charge in [0, 0.05) is 30.9 Å². The van der Waals surface area contributed by atoms with Gasteiger partial charge >= 0.3 is 6.09 Å². The number of ketones is 3. The number of pyridine rings is 2. The van der Waals surface area contributed by atoms with E-state index in [-0.39, 0.29) is 53.2 Å². The fourth-order valence-corrected chi connectivity index (χ4v) is 3.28. The Balaban J connectivity index is 1.99. The topological polar surface area (TPSA) is 115 Å². The number of Topliss-reactive ketones (excluding diaryl/α,β-unsaturated/α-hetero) is 1. The second kappa shape index (κ2) is 8.14. The van der Waals surface area contributed by atoms with Gasteiger partial charge in [-0.2, -0.15) is 0 Å². The van der Waals surface area contributed by atoms with E-state index in [0.717, 1.165) is 0 Å². The molecule has 2 aromatic rings. The molecule has 0 atom stereocenters. The fraction of sp³-hybridized carbons (Fsp3) is 0.364. The highest BCUT2D eigenvalue weighted by Gasteiger charge is 2.35. The zero-order chi connectivity index (χ0) is 22.1. The summed E-state index contributed by atoms with van der Waals surface area (Å²) in [6.07, 6.45) is 2.54. The minimum Gasteiger partial charge on any atom is -0.444 e. The van der Waals surface area contributed by atoms with Crippen molar-refractivity contribution in [2.45, 2.75) is 46.1 Å². The molecule has 2 heterocycles. The van der Waals surface area contributed by atoms with Gasteiger partial charge in [0.2, 0.25) is 5.78 Å². The van der Waals surface area contributed by atoms with E-state index in [9.17, 15) is 19.2 Å². The first-order chi connectivity index (χ1) is 14.1. The van der Waals surface area contributed by atoms with Gasteiger partial charge in [-0.1, -0.05) is 6.92 Å². The normalized spacial score (nSPS) is 12.8. The summed E-state index contributed by atoms with van der Waals surface area (Å²) in [5, 5.41) is 2.62. The summed E-state index contributed by atoms with van der Waals surface area (Å²) in [4.78, 5) is 58.6. The van der Waals surface area contributed by atoms with Crippen molar-refractivity contribution in [2.24, 2.45) is 0 Å². The Bertz CT molecular complexity index is 1050. The Labute approximate surface area is 174 Å². The predicted octanol–water partition coefficient (Wildman–Crippen LogP) is 2.91. The van der Waals surface area contributed by atoms with Crippen LogP contribution < -0.4 is 5.32 Å². The molecule has 8 nitrogen and oxygen atoms in total. The van der Waals surface area contributed by atoms with Gasteiger partial charge in [0.25, 0.3) is 0 Å². The zero-order valence-electron chi connectivity index (χ0n) is 17.4. The number of nitrogens with one attached hydrogen (secondary N) is 1. The lowest BCUT2D eigenvalue weighted by Gasteiger charge is -2.22. The molecule has 0 radical (unpaired) electrons. The summed E-state index contributed by atoms with van der Waals surface area (Å²) in [7, 11) is 0. The van der Waals surface area contributed by atoms with E-state index in [2.05, 4.69) is 15.3 Å². The number of carbonyl (C=O) groups is 4. The lowest BCUT2D eigenvalue weighted by molar-refractivity contribution is 0.0528. The minimum absolute atomic E-state index is 0.0221. The Morgan fingerprint density at radius 3 is 2.50 bits per heavy atom. The first-order valence-electron chi connectivity index (χ1n) is 9.70. The van der Waals surface area contributed by atoms with Crippen LogP contribution in [0, 0.1) is 0 Å². The van der Waals surface area contributed by atoms with E-state index < -0.39 is 23.3 Å². The van der Waals surface area contributed by atoms with Gasteiger partial charge < -0.3 is 10.1 Å². The highest BCUT2D eigenvalue weighted by Crippen LogP contribution is 2.29. The molecule has 0 unspecified atom stereocenters. The van der Waals surface area contributed by atoms with Gasteiger partial charge in [0.1, 0.15) is 17.0 Å². The third kappa shape index (κ3) is 4.12. The Morgan fingerprint density at radius 2 is 1.83 bits per heavy atom. The molecule has 1 amide bonds. The fourth-order valence-electron chi connectivity index (χ4n) is 3.28. The predicted molar refractivity (Wildman–Crippen MR) is 108 cm³/mol. The summed E-state index contributed by atoms with van der Waals surface area (Å²) in [6, 6.07) is 3.11. The van der Waals surface area contributed by atoms with Crippen molar-refractivity contribution in [1.29, 1.82) is 0 Å². The van der Waals surface area contributed by atoms with Gasteiger partial charge in [-0.3, -0.25) is 24.4 Å². The molecule has 1 aliphatic carbocycles. The molecular weight excluding hydrogens is 386 g/mol. The number of hydrogen-bond donors (Lipinski definition) is 1. The van der Waals surface area contributed by atoms with Crippen LogP contribution in [0.4, 0.5) is 4.79 Å². The maximum absolute atomic E-state index is 13.2. The van der Waals surface area contributed by atoms with Crippen LogP contribution >= 0.6 is 0 Å². The summed E-state index contributed by atoms with van der Waals surface area (Å²) in [6.45, 7) is 7.08. The van der Waals surface area contributed by atoms with Gasteiger partial charge in [-0.15, -0.1) is 0 Å². The monoisotopic (exact) mass is 409 g/mol. The van der Waals surface area contributed by atoms with Crippen LogP contribution in [0.15, 0.2) is 24.5 Å². The molecule has 0 aliphatic heterocycles. The molecule has 0 spiro atoms. The number of hydrogen-bond acceptors (Lipinski definition) is 7. The number of ether oxygens (including phenoxy) is 1. The lowest BCUT2D eigenvalue weighted by atomic mass is 9.84. The van der Waals surface area contributed by atoms with Crippen molar-refractivity contribution < 1.29 is 23.9 Å². The molecule has 1 aliphatic rings. The Kier molecular flexibility index (Phi) is 5.78. The van der Waals surface area contributed by atoms with E-state index in [1.165, 1.54) is 18.5 Å². The van der Waals surface area contributed by atoms with Crippen LogP contribution in [-0.2, 0) is 11.2 Å². The van der Waals surface area contributed by atoms with E-state index in [1.807, 2.05) is 0 Å². The van der Waals surface area contributed by atoms with E-state index in [0.29, 0.717) is 5.56 Å². The maximum atomic E-state index is 13.2. The third-order valence-electron chi connectivity index (χ3n) is 4.56. The molecule has 8 heteroatoms. The quantitative estimate of drug-likeness (QED) is 0.644. The second-order valence-electron chi connectivity index (χ2n) is 7.89. The number of amides is 1. The van der Waals surface area contributed by atoms with Crippen LogP contribution in [-0.4, -0.2) is 45.6 Å². The lowest BCUT2D eigenvalue weighted by Crippen LogP contribution is -2.34. The van der Waals surface area contributed by atoms with Crippen molar-refractivity contribution in [3.05, 3.63) is 58.2 Å². The Hall–Kier alpha value is -3.42. The summed E-state index contributed by atoms with van der Waals surface area (Å²) in [5.74, 6) is -1.06. The molecule has 30 heavy (non-hydrogen) atoms. The first kappa shape index (κ1) is 21.3. The average molecular weight is 409 g/mol. The van der Waals surface area contributed by atoms with Crippen LogP contribution in [0.3, 0.4) is 0 Å². The van der Waals surface area contributed by atoms with Gasteiger partial charge in [0.05, 0.1) is 11.1 Å². The van der Waals surface area contributed by atoms with E-state index in [1.54, 1.807) is 33.8 Å². The maximum Gasteiger partial charge on any atom is 0.407 e. The van der Waals surface area contributed by atoms with Crippen molar-refractivity contribution in [3.63, 3.8) is 0 Å².